The van der Waals surface area contributed by atoms with Crippen LogP contribution in [0.25, 0.3) is 22.6 Å². The number of fused-ring (bicyclic) bond motifs is 1. The van der Waals surface area contributed by atoms with Gasteiger partial charge in [0.25, 0.3) is 5.71 Å². The largest absolute Gasteiger partial charge is 0.513 e. The first kappa shape index (κ1) is 13.8. The lowest BCUT2D eigenvalue weighted by molar-refractivity contribution is 0.105. The molecule has 7 heteroatoms. The summed E-state index contributed by atoms with van der Waals surface area (Å²) in [5, 5.41) is 4.51. The Kier molecular flexibility index (Phi) is 3.25. The molecule has 0 aliphatic heterocycles. The molecule has 1 saturated carbocycles. The van der Waals surface area contributed by atoms with Crippen LogP contribution in [0, 0.1) is 0 Å². The molecule has 1 fully saturated rings. The molecule has 0 unspecified atom stereocenters. The van der Waals surface area contributed by atoms with Gasteiger partial charge in [-0.2, -0.15) is 0 Å². The van der Waals surface area contributed by atoms with Crippen molar-refractivity contribution in [3.05, 3.63) is 30.2 Å². The van der Waals surface area contributed by atoms with Crippen LogP contribution >= 0.6 is 0 Å². The van der Waals surface area contributed by atoms with E-state index in [4.69, 9.17) is 18.4 Å². The van der Waals surface area contributed by atoms with Gasteiger partial charge in [-0.3, -0.25) is 0 Å². The normalized spacial score (nSPS) is 14.1. The van der Waals surface area contributed by atoms with E-state index in [1.54, 1.807) is 25.1 Å². The zero-order chi connectivity index (χ0) is 15.8. The molecule has 0 aromatic carbocycles. The average Bonchev–Trinajstić information content (AvgIpc) is 3.07. The van der Waals surface area contributed by atoms with Crippen LogP contribution in [-0.2, 0) is 4.74 Å². The summed E-state index contributed by atoms with van der Waals surface area (Å²) < 4.78 is 20.9. The number of hydrogen-bond acceptors (Lipinski definition) is 7. The monoisotopic (exact) mass is 314 g/mol. The van der Waals surface area contributed by atoms with Gasteiger partial charge in [-0.1, -0.05) is 5.16 Å². The number of ether oxygens (including phenoxy) is 2. The molecule has 7 nitrogen and oxygen atoms in total. The first-order valence-corrected chi connectivity index (χ1v) is 7.45. The summed E-state index contributed by atoms with van der Waals surface area (Å²) in [7, 11) is 0. The van der Waals surface area contributed by atoms with Gasteiger partial charge in [-0.05, 0) is 31.9 Å². The molecule has 3 heterocycles. The maximum absolute atomic E-state index is 11.7. The number of nitrogens with zero attached hydrogens (tertiary/aromatic N) is 2. The second-order valence-corrected chi connectivity index (χ2v) is 5.29. The van der Waals surface area contributed by atoms with Crippen molar-refractivity contribution < 1.29 is 23.2 Å². The predicted molar refractivity (Wildman–Crippen MR) is 79.1 cm³/mol. The van der Waals surface area contributed by atoms with Crippen LogP contribution in [0.3, 0.4) is 0 Å². The lowest BCUT2D eigenvalue weighted by Gasteiger charge is -2.07. The molecule has 0 saturated heterocycles. The molecule has 1 aliphatic rings. The Labute approximate surface area is 131 Å². The lowest BCUT2D eigenvalue weighted by Crippen LogP contribution is -2.10. The number of aromatic nitrogens is 2. The Balaban J connectivity index is 1.85. The molecular formula is C16H14N2O5. The Morgan fingerprint density at radius 2 is 2.30 bits per heavy atom. The van der Waals surface area contributed by atoms with Crippen LogP contribution in [0.15, 0.2) is 33.4 Å². The van der Waals surface area contributed by atoms with Crippen LogP contribution in [0.1, 0.15) is 31.4 Å². The fourth-order valence-corrected chi connectivity index (χ4v) is 2.42. The second-order valence-electron chi connectivity index (χ2n) is 5.29. The third-order valence-electron chi connectivity index (χ3n) is 3.64. The maximum atomic E-state index is 11.7. The van der Waals surface area contributed by atoms with Crippen LogP contribution in [-0.4, -0.2) is 22.9 Å². The van der Waals surface area contributed by atoms with Crippen molar-refractivity contribution in [1.82, 2.24) is 10.1 Å². The van der Waals surface area contributed by atoms with E-state index >= 15 is 0 Å². The smallest absolute Gasteiger partial charge is 0.463 e. The standard InChI is InChI=1S/C16H14N2O5/c1-2-20-16(19)22-12-8-10(9-5-6-9)17-15-13(12)14(18-23-15)11-4-3-7-21-11/h3-4,7-9H,2,5-6H2,1H3. The molecule has 0 spiro atoms. The SMILES string of the molecule is CCOC(=O)Oc1cc(C2CC2)nc2onc(-c3ccco3)c12. The summed E-state index contributed by atoms with van der Waals surface area (Å²) in [5.41, 5.74) is 1.60. The predicted octanol–water partition coefficient (Wildman–Crippen LogP) is 3.90. The number of pyridine rings is 1. The van der Waals surface area contributed by atoms with Crippen LogP contribution in [0.4, 0.5) is 4.79 Å². The van der Waals surface area contributed by atoms with E-state index in [2.05, 4.69) is 10.1 Å². The summed E-state index contributed by atoms with van der Waals surface area (Å²) in [6, 6.07) is 5.24. The number of rotatable bonds is 4. The van der Waals surface area contributed by atoms with Crippen molar-refractivity contribution in [2.45, 2.75) is 25.7 Å². The molecule has 0 radical (unpaired) electrons. The van der Waals surface area contributed by atoms with Crippen LogP contribution in [0.5, 0.6) is 5.75 Å². The average molecular weight is 314 g/mol. The highest BCUT2D eigenvalue weighted by atomic mass is 16.7. The Morgan fingerprint density at radius 1 is 1.43 bits per heavy atom. The Morgan fingerprint density at radius 3 is 3.00 bits per heavy atom. The van der Waals surface area contributed by atoms with E-state index in [0.29, 0.717) is 34.2 Å². The molecule has 23 heavy (non-hydrogen) atoms. The summed E-state index contributed by atoms with van der Waals surface area (Å²) >= 11 is 0. The van der Waals surface area contributed by atoms with Gasteiger partial charge in [0.1, 0.15) is 5.39 Å². The fraction of sp³-hybridized carbons (Fsp3) is 0.312. The summed E-state index contributed by atoms with van der Waals surface area (Å²) in [5.74, 6) is 1.21. The fourth-order valence-electron chi connectivity index (χ4n) is 2.42. The molecule has 3 aromatic heterocycles. The molecule has 118 valence electrons. The minimum atomic E-state index is -0.770. The van der Waals surface area contributed by atoms with Crippen LogP contribution < -0.4 is 4.74 Å². The zero-order valence-corrected chi connectivity index (χ0v) is 12.4. The minimum absolute atomic E-state index is 0.233. The van der Waals surface area contributed by atoms with Gasteiger partial charge in [-0.15, -0.1) is 0 Å². The van der Waals surface area contributed by atoms with E-state index in [0.717, 1.165) is 18.5 Å². The zero-order valence-electron chi connectivity index (χ0n) is 12.4. The molecule has 4 rings (SSSR count). The molecule has 0 atom stereocenters. The summed E-state index contributed by atoms with van der Waals surface area (Å²) in [4.78, 5) is 16.2. The Bertz CT molecular complexity index is 849. The number of hydrogen-bond donors (Lipinski definition) is 0. The van der Waals surface area contributed by atoms with E-state index in [-0.39, 0.29) is 6.61 Å². The first-order valence-electron chi connectivity index (χ1n) is 7.45. The summed E-state index contributed by atoms with van der Waals surface area (Å²) in [6.07, 6.45) is 2.90. The molecule has 0 amide bonds. The van der Waals surface area contributed by atoms with Crippen molar-refractivity contribution >= 4 is 17.3 Å². The van der Waals surface area contributed by atoms with E-state index < -0.39 is 6.16 Å². The van der Waals surface area contributed by atoms with Gasteiger partial charge in [0, 0.05) is 12.0 Å². The van der Waals surface area contributed by atoms with Gasteiger partial charge >= 0.3 is 6.16 Å². The third kappa shape index (κ3) is 2.54. The minimum Gasteiger partial charge on any atom is -0.463 e. The van der Waals surface area contributed by atoms with Crippen LogP contribution in [0.2, 0.25) is 0 Å². The third-order valence-corrected chi connectivity index (χ3v) is 3.64. The molecular weight excluding hydrogens is 300 g/mol. The van der Waals surface area contributed by atoms with Crippen molar-refractivity contribution in [3.8, 4) is 17.2 Å². The highest BCUT2D eigenvalue weighted by Crippen LogP contribution is 2.43. The van der Waals surface area contributed by atoms with E-state index in [1.807, 2.05) is 0 Å². The van der Waals surface area contributed by atoms with Crippen molar-refractivity contribution in [3.63, 3.8) is 0 Å². The van der Waals surface area contributed by atoms with Crippen molar-refractivity contribution in [2.24, 2.45) is 0 Å². The molecule has 0 bridgehead atoms. The van der Waals surface area contributed by atoms with Gasteiger partial charge < -0.3 is 18.4 Å². The number of furan rings is 1. The quantitative estimate of drug-likeness (QED) is 0.675. The molecule has 0 N–H and O–H groups in total. The highest BCUT2D eigenvalue weighted by molar-refractivity contribution is 5.94. The lowest BCUT2D eigenvalue weighted by atomic mass is 10.1. The van der Waals surface area contributed by atoms with Crippen molar-refractivity contribution in [2.75, 3.05) is 6.61 Å². The van der Waals surface area contributed by atoms with E-state index in [1.165, 1.54) is 6.26 Å². The highest BCUT2D eigenvalue weighted by Gasteiger charge is 2.29. The summed E-state index contributed by atoms with van der Waals surface area (Å²) in [6.45, 7) is 1.95. The maximum Gasteiger partial charge on any atom is 0.513 e. The first-order chi connectivity index (χ1) is 11.3. The number of carbonyl (C=O) groups is 1. The van der Waals surface area contributed by atoms with Gasteiger partial charge in [0.2, 0.25) is 0 Å². The van der Waals surface area contributed by atoms with Gasteiger partial charge in [0.05, 0.1) is 18.6 Å². The molecule has 1 aliphatic carbocycles. The van der Waals surface area contributed by atoms with E-state index in [9.17, 15) is 4.79 Å². The Hall–Kier alpha value is -2.83. The molecule has 3 aromatic rings. The van der Waals surface area contributed by atoms with Gasteiger partial charge in [-0.25, -0.2) is 9.78 Å². The second kappa shape index (κ2) is 5.42. The topological polar surface area (TPSA) is 87.6 Å². The van der Waals surface area contributed by atoms with Gasteiger partial charge in [0.15, 0.2) is 17.2 Å². The number of carbonyl (C=O) groups excluding carboxylic acids is 1. The van der Waals surface area contributed by atoms with Crippen molar-refractivity contribution in [1.29, 1.82) is 0 Å².